The molecule has 0 aliphatic heterocycles. The van der Waals surface area contributed by atoms with Gasteiger partial charge in [-0.3, -0.25) is 14.5 Å². The van der Waals surface area contributed by atoms with Crippen LogP contribution < -0.4 is 0 Å². The van der Waals surface area contributed by atoms with Crippen molar-refractivity contribution in [2.24, 2.45) is 10.8 Å². The molecule has 0 aromatic carbocycles. The highest BCUT2D eigenvalue weighted by atomic mass is 16.5. The van der Waals surface area contributed by atoms with E-state index in [1.54, 1.807) is 0 Å². The number of esters is 2. The van der Waals surface area contributed by atoms with E-state index in [-0.39, 0.29) is 22.8 Å². The molecule has 22 heavy (non-hydrogen) atoms. The first kappa shape index (κ1) is 20.9. The second kappa shape index (κ2) is 9.13. The summed E-state index contributed by atoms with van der Waals surface area (Å²) in [6, 6.07) is 0. The van der Waals surface area contributed by atoms with Gasteiger partial charge < -0.3 is 9.47 Å². The topological polar surface area (TPSA) is 55.8 Å². The van der Waals surface area contributed by atoms with Crippen molar-refractivity contribution in [2.45, 2.75) is 54.4 Å². The Balaban J connectivity index is 3.73. The zero-order valence-electron chi connectivity index (χ0n) is 15.3. The van der Waals surface area contributed by atoms with Crippen LogP contribution in [-0.2, 0) is 19.1 Å². The molecule has 130 valence electrons. The second-order valence-electron chi connectivity index (χ2n) is 8.22. The summed E-state index contributed by atoms with van der Waals surface area (Å²) in [5, 5.41) is 0. The zero-order chi connectivity index (χ0) is 17.4. The minimum Gasteiger partial charge on any atom is -0.464 e. The lowest BCUT2D eigenvalue weighted by atomic mass is 9.92. The lowest BCUT2D eigenvalue weighted by Gasteiger charge is -2.20. The monoisotopic (exact) mass is 315 g/mol. The fraction of sp³-hybridized carbons (Fsp3) is 0.882. The van der Waals surface area contributed by atoms with E-state index in [1.807, 2.05) is 53.5 Å². The molecular weight excluding hydrogens is 282 g/mol. The molecule has 0 radical (unpaired) electrons. The SMILES string of the molecule is CN(CCOC(=O)CC(C)(C)C)CCOC(=O)CC(C)(C)C. The Labute approximate surface area is 135 Å². The average Bonchev–Trinajstić information content (AvgIpc) is 2.23. The smallest absolute Gasteiger partial charge is 0.306 e. The van der Waals surface area contributed by atoms with E-state index in [9.17, 15) is 9.59 Å². The van der Waals surface area contributed by atoms with Gasteiger partial charge in [0.15, 0.2) is 0 Å². The van der Waals surface area contributed by atoms with Gasteiger partial charge >= 0.3 is 11.9 Å². The van der Waals surface area contributed by atoms with E-state index in [0.29, 0.717) is 39.1 Å². The van der Waals surface area contributed by atoms with Crippen molar-refractivity contribution in [3.05, 3.63) is 0 Å². The quantitative estimate of drug-likeness (QED) is 0.645. The van der Waals surface area contributed by atoms with Crippen molar-refractivity contribution in [1.82, 2.24) is 4.90 Å². The van der Waals surface area contributed by atoms with Crippen LogP contribution >= 0.6 is 0 Å². The lowest BCUT2D eigenvalue weighted by Crippen LogP contribution is -2.29. The summed E-state index contributed by atoms with van der Waals surface area (Å²) in [5.41, 5.74) is -0.103. The van der Waals surface area contributed by atoms with Gasteiger partial charge in [0.1, 0.15) is 13.2 Å². The highest BCUT2D eigenvalue weighted by Crippen LogP contribution is 2.19. The molecule has 0 bridgehead atoms. The first-order valence-electron chi connectivity index (χ1n) is 7.89. The number of likely N-dealkylation sites (N-methyl/N-ethyl adjacent to an activating group) is 1. The van der Waals surface area contributed by atoms with Crippen LogP contribution in [-0.4, -0.2) is 50.2 Å². The zero-order valence-corrected chi connectivity index (χ0v) is 15.3. The molecule has 0 saturated carbocycles. The number of hydrogen-bond donors (Lipinski definition) is 0. The summed E-state index contributed by atoms with van der Waals surface area (Å²) in [7, 11) is 1.91. The fourth-order valence-electron chi connectivity index (χ4n) is 1.71. The van der Waals surface area contributed by atoms with Crippen LogP contribution in [0.3, 0.4) is 0 Å². The molecule has 0 unspecified atom stereocenters. The normalized spacial score (nSPS) is 12.4. The molecule has 0 heterocycles. The van der Waals surface area contributed by atoms with Crippen molar-refractivity contribution in [2.75, 3.05) is 33.4 Å². The number of nitrogens with zero attached hydrogens (tertiary/aromatic N) is 1. The Morgan fingerprint density at radius 1 is 0.773 bits per heavy atom. The minimum atomic E-state index is -0.169. The Hall–Kier alpha value is -1.10. The standard InChI is InChI=1S/C17H33NO4/c1-16(2,3)12-14(19)21-10-8-18(7)9-11-22-15(20)13-17(4,5)6/h8-13H2,1-7H3. The maximum atomic E-state index is 11.6. The lowest BCUT2D eigenvalue weighted by molar-refractivity contribution is -0.146. The van der Waals surface area contributed by atoms with Crippen LogP contribution in [0.2, 0.25) is 0 Å². The first-order chi connectivity index (χ1) is 9.89. The molecule has 0 spiro atoms. The van der Waals surface area contributed by atoms with E-state index in [2.05, 4.69) is 0 Å². The molecule has 5 heteroatoms. The van der Waals surface area contributed by atoms with Gasteiger partial charge in [0.25, 0.3) is 0 Å². The van der Waals surface area contributed by atoms with Gasteiger partial charge in [-0.05, 0) is 17.9 Å². The molecule has 0 amide bonds. The molecule has 0 fully saturated rings. The first-order valence-corrected chi connectivity index (χ1v) is 7.89. The molecule has 0 saturated heterocycles. The van der Waals surface area contributed by atoms with Crippen LogP contribution in [0.15, 0.2) is 0 Å². The predicted octanol–water partition coefficient (Wildman–Crippen LogP) is 2.88. The molecule has 0 N–H and O–H groups in total. The van der Waals surface area contributed by atoms with Crippen LogP contribution in [0.1, 0.15) is 54.4 Å². The molecule has 0 rings (SSSR count). The van der Waals surface area contributed by atoms with Gasteiger partial charge in [-0.1, -0.05) is 41.5 Å². The average molecular weight is 315 g/mol. The third-order valence-electron chi connectivity index (χ3n) is 2.82. The summed E-state index contributed by atoms with van der Waals surface area (Å²) < 4.78 is 10.4. The van der Waals surface area contributed by atoms with Crippen LogP contribution in [0.25, 0.3) is 0 Å². The van der Waals surface area contributed by atoms with Crippen molar-refractivity contribution in [3.8, 4) is 0 Å². The van der Waals surface area contributed by atoms with E-state index < -0.39 is 0 Å². The largest absolute Gasteiger partial charge is 0.464 e. The predicted molar refractivity (Wildman–Crippen MR) is 87.6 cm³/mol. The number of hydrogen-bond acceptors (Lipinski definition) is 5. The Morgan fingerprint density at radius 2 is 1.09 bits per heavy atom. The number of carbonyl (C=O) groups is 2. The summed E-state index contributed by atoms with van der Waals surface area (Å²) in [4.78, 5) is 25.1. The third-order valence-corrected chi connectivity index (χ3v) is 2.82. The number of carbonyl (C=O) groups excluding carboxylic acids is 2. The molecule has 0 aromatic heterocycles. The van der Waals surface area contributed by atoms with E-state index >= 15 is 0 Å². The molecule has 5 nitrogen and oxygen atoms in total. The number of rotatable bonds is 8. The number of ether oxygens (including phenoxy) is 2. The van der Waals surface area contributed by atoms with E-state index in [1.165, 1.54) is 0 Å². The van der Waals surface area contributed by atoms with Gasteiger partial charge in [-0.25, -0.2) is 0 Å². The molecular formula is C17H33NO4. The van der Waals surface area contributed by atoms with Crippen molar-refractivity contribution >= 4 is 11.9 Å². The van der Waals surface area contributed by atoms with Crippen LogP contribution in [0.4, 0.5) is 0 Å². The third kappa shape index (κ3) is 13.9. The summed E-state index contributed by atoms with van der Waals surface area (Å²) in [6.45, 7) is 14.0. The van der Waals surface area contributed by atoms with Gasteiger partial charge in [-0.2, -0.15) is 0 Å². The Bertz CT molecular complexity index is 319. The van der Waals surface area contributed by atoms with Crippen molar-refractivity contribution in [3.63, 3.8) is 0 Å². The second-order valence-corrected chi connectivity index (χ2v) is 8.22. The minimum absolute atomic E-state index is 0.0513. The summed E-state index contributed by atoms with van der Waals surface area (Å²) >= 11 is 0. The van der Waals surface area contributed by atoms with Gasteiger partial charge in [-0.15, -0.1) is 0 Å². The molecule has 0 aromatic rings. The highest BCUT2D eigenvalue weighted by molar-refractivity contribution is 5.70. The van der Waals surface area contributed by atoms with Crippen LogP contribution in [0, 0.1) is 10.8 Å². The fourth-order valence-corrected chi connectivity index (χ4v) is 1.71. The Morgan fingerprint density at radius 3 is 1.36 bits per heavy atom. The Kier molecular flexibility index (Phi) is 8.68. The molecule has 0 atom stereocenters. The maximum absolute atomic E-state index is 11.6. The van der Waals surface area contributed by atoms with Crippen LogP contribution in [0.5, 0.6) is 0 Å². The van der Waals surface area contributed by atoms with Crippen molar-refractivity contribution in [1.29, 1.82) is 0 Å². The maximum Gasteiger partial charge on any atom is 0.306 e. The molecule has 0 aliphatic carbocycles. The van der Waals surface area contributed by atoms with E-state index in [4.69, 9.17) is 9.47 Å². The highest BCUT2D eigenvalue weighted by Gasteiger charge is 2.18. The summed E-state index contributed by atoms with van der Waals surface area (Å²) in [5.74, 6) is -0.338. The van der Waals surface area contributed by atoms with Gasteiger partial charge in [0.2, 0.25) is 0 Å². The van der Waals surface area contributed by atoms with Gasteiger partial charge in [0.05, 0.1) is 12.8 Å². The molecule has 0 aliphatic rings. The summed E-state index contributed by atoms with van der Waals surface area (Å²) in [6.07, 6.45) is 0.836. The van der Waals surface area contributed by atoms with Crippen molar-refractivity contribution < 1.29 is 19.1 Å². The van der Waals surface area contributed by atoms with Gasteiger partial charge in [0, 0.05) is 13.1 Å². The van der Waals surface area contributed by atoms with E-state index in [0.717, 1.165) is 0 Å².